The third kappa shape index (κ3) is 4.98. The third-order valence-electron chi connectivity index (χ3n) is 4.09. The van der Waals surface area contributed by atoms with Crippen LogP contribution in [0.15, 0.2) is 28.2 Å². The molecule has 0 bridgehead atoms. The van der Waals surface area contributed by atoms with Gasteiger partial charge in [0.1, 0.15) is 0 Å². The molecule has 144 valence electrons. The predicted octanol–water partition coefficient (Wildman–Crippen LogP) is 1.98. The number of fused-ring (bicyclic) bond motifs is 1. The molecule has 0 saturated carbocycles. The Balaban J connectivity index is 1.46. The first-order chi connectivity index (χ1) is 13.1. The fourth-order valence-corrected chi connectivity index (χ4v) is 4.42. The van der Waals surface area contributed by atoms with Gasteiger partial charge in [-0.2, -0.15) is 11.8 Å². The van der Waals surface area contributed by atoms with Crippen LogP contribution in [0, 0.1) is 0 Å². The second-order valence-electron chi connectivity index (χ2n) is 5.87. The Morgan fingerprint density at radius 2 is 2.11 bits per heavy atom. The molecule has 0 atom stereocenters. The standard InChI is InChI=1S/C18H21N3O4S2/c1-24-14-4-3-11(7-15(14)25-2)5-6-19-16(22)10-27-18-20-13-9-26-8-12(13)17(23)21-18/h3-4,7H,5-6,8-10H2,1-2H3,(H,19,22)(H,20,21,23). The van der Waals surface area contributed by atoms with Crippen LogP contribution in [-0.2, 0) is 22.7 Å². The monoisotopic (exact) mass is 407 g/mol. The van der Waals surface area contributed by atoms with Crippen LogP contribution in [-0.4, -0.2) is 42.4 Å². The summed E-state index contributed by atoms with van der Waals surface area (Å²) in [5, 5.41) is 3.38. The average molecular weight is 408 g/mol. The second-order valence-corrected chi connectivity index (χ2v) is 7.82. The zero-order valence-electron chi connectivity index (χ0n) is 15.2. The first kappa shape index (κ1) is 19.6. The van der Waals surface area contributed by atoms with Gasteiger partial charge >= 0.3 is 0 Å². The molecule has 0 saturated heterocycles. The molecule has 2 aromatic rings. The van der Waals surface area contributed by atoms with E-state index in [2.05, 4.69) is 15.3 Å². The largest absolute Gasteiger partial charge is 0.493 e. The average Bonchev–Trinajstić information content (AvgIpc) is 3.15. The van der Waals surface area contributed by atoms with Gasteiger partial charge in [0.25, 0.3) is 5.56 Å². The Morgan fingerprint density at radius 1 is 1.30 bits per heavy atom. The number of carbonyl (C=O) groups excluding carboxylic acids is 1. The molecule has 0 fully saturated rings. The Labute approximate surface area is 165 Å². The van der Waals surface area contributed by atoms with Gasteiger partial charge in [-0.25, -0.2) is 4.98 Å². The number of carbonyl (C=O) groups is 1. The van der Waals surface area contributed by atoms with Crippen molar-refractivity contribution in [2.75, 3.05) is 26.5 Å². The molecule has 0 radical (unpaired) electrons. The van der Waals surface area contributed by atoms with E-state index in [1.165, 1.54) is 11.8 Å². The van der Waals surface area contributed by atoms with Crippen molar-refractivity contribution in [3.63, 3.8) is 0 Å². The summed E-state index contributed by atoms with van der Waals surface area (Å²) in [5.74, 6) is 2.92. The second kappa shape index (κ2) is 9.18. The summed E-state index contributed by atoms with van der Waals surface area (Å²) in [4.78, 5) is 31.2. The summed E-state index contributed by atoms with van der Waals surface area (Å²) in [6.45, 7) is 0.514. The van der Waals surface area contributed by atoms with E-state index in [-0.39, 0.29) is 17.2 Å². The Hall–Kier alpha value is -2.13. The van der Waals surface area contributed by atoms with Crippen molar-refractivity contribution in [2.24, 2.45) is 0 Å². The predicted molar refractivity (Wildman–Crippen MR) is 107 cm³/mol. The number of H-pyrrole nitrogens is 1. The van der Waals surface area contributed by atoms with Crippen LogP contribution in [0.5, 0.6) is 11.5 Å². The molecule has 1 aromatic heterocycles. The molecule has 3 rings (SSSR count). The molecule has 7 nitrogen and oxygen atoms in total. The molecule has 0 aliphatic carbocycles. The molecule has 0 spiro atoms. The first-order valence-electron chi connectivity index (χ1n) is 8.41. The number of hydrogen-bond acceptors (Lipinski definition) is 7. The molecule has 9 heteroatoms. The van der Waals surface area contributed by atoms with Crippen molar-refractivity contribution in [3.8, 4) is 11.5 Å². The van der Waals surface area contributed by atoms with Crippen LogP contribution in [0.4, 0.5) is 0 Å². The first-order valence-corrected chi connectivity index (χ1v) is 10.5. The van der Waals surface area contributed by atoms with Crippen LogP contribution in [0.2, 0.25) is 0 Å². The number of nitrogens with zero attached hydrogens (tertiary/aromatic N) is 1. The summed E-state index contributed by atoms with van der Waals surface area (Å²) in [5.41, 5.74) is 2.54. The molecule has 2 N–H and O–H groups in total. The van der Waals surface area contributed by atoms with E-state index in [4.69, 9.17) is 9.47 Å². The van der Waals surface area contributed by atoms with Gasteiger partial charge in [-0.1, -0.05) is 17.8 Å². The number of hydrogen-bond donors (Lipinski definition) is 2. The van der Waals surface area contributed by atoms with Gasteiger partial charge in [0.15, 0.2) is 16.7 Å². The number of ether oxygens (including phenoxy) is 2. The van der Waals surface area contributed by atoms with Crippen molar-refractivity contribution in [3.05, 3.63) is 45.4 Å². The number of nitrogens with one attached hydrogen (secondary N) is 2. The number of aromatic nitrogens is 2. The maximum absolute atomic E-state index is 12.0. The molecule has 2 heterocycles. The van der Waals surface area contributed by atoms with Crippen molar-refractivity contribution in [1.29, 1.82) is 0 Å². The van der Waals surface area contributed by atoms with Crippen LogP contribution < -0.4 is 20.3 Å². The van der Waals surface area contributed by atoms with E-state index in [1.807, 2.05) is 18.2 Å². The molecular formula is C18H21N3O4S2. The van der Waals surface area contributed by atoms with E-state index < -0.39 is 0 Å². The number of benzene rings is 1. The summed E-state index contributed by atoms with van der Waals surface area (Å²) < 4.78 is 10.5. The Kier molecular flexibility index (Phi) is 6.68. The molecular weight excluding hydrogens is 386 g/mol. The van der Waals surface area contributed by atoms with Crippen molar-refractivity contribution >= 4 is 29.4 Å². The minimum absolute atomic E-state index is 0.0960. The minimum Gasteiger partial charge on any atom is -0.493 e. The number of aromatic amines is 1. The topological polar surface area (TPSA) is 93.3 Å². The normalized spacial score (nSPS) is 12.5. The van der Waals surface area contributed by atoms with Gasteiger partial charge in [0, 0.05) is 23.6 Å². The lowest BCUT2D eigenvalue weighted by atomic mass is 10.1. The highest BCUT2D eigenvalue weighted by molar-refractivity contribution is 7.99. The SMILES string of the molecule is COc1ccc(CCNC(=O)CSc2nc3c(c(=O)[nH]2)CSC3)cc1OC. The lowest BCUT2D eigenvalue weighted by molar-refractivity contribution is -0.118. The molecule has 1 aliphatic rings. The van der Waals surface area contributed by atoms with Gasteiger partial charge in [-0.15, -0.1) is 0 Å². The lowest BCUT2D eigenvalue weighted by Gasteiger charge is -2.10. The summed E-state index contributed by atoms with van der Waals surface area (Å²) in [6.07, 6.45) is 0.682. The Bertz CT molecular complexity index is 885. The molecule has 1 aromatic carbocycles. The highest BCUT2D eigenvalue weighted by Crippen LogP contribution is 2.28. The number of thioether (sulfide) groups is 2. The molecule has 1 aliphatic heterocycles. The van der Waals surface area contributed by atoms with Crippen molar-refractivity contribution < 1.29 is 14.3 Å². The molecule has 1 amide bonds. The van der Waals surface area contributed by atoms with E-state index >= 15 is 0 Å². The van der Waals surface area contributed by atoms with Crippen LogP contribution >= 0.6 is 23.5 Å². The summed E-state index contributed by atoms with van der Waals surface area (Å²) in [6, 6.07) is 5.69. The third-order valence-corrected chi connectivity index (χ3v) is 5.93. The van der Waals surface area contributed by atoms with Gasteiger partial charge in [-0.05, 0) is 24.1 Å². The quantitative estimate of drug-likeness (QED) is 0.510. The van der Waals surface area contributed by atoms with Crippen molar-refractivity contribution in [2.45, 2.75) is 23.1 Å². The maximum Gasteiger partial charge on any atom is 0.255 e. The lowest BCUT2D eigenvalue weighted by Crippen LogP contribution is -2.27. The van der Waals surface area contributed by atoms with Gasteiger partial charge < -0.3 is 19.8 Å². The van der Waals surface area contributed by atoms with Gasteiger partial charge in [0.05, 0.1) is 25.7 Å². The van der Waals surface area contributed by atoms with Gasteiger partial charge in [0.2, 0.25) is 5.91 Å². The summed E-state index contributed by atoms with van der Waals surface area (Å²) in [7, 11) is 3.19. The number of rotatable bonds is 8. The van der Waals surface area contributed by atoms with Crippen LogP contribution in [0.25, 0.3) is 0 Å². The van der Waals surface area contributed by atoms with E-state index in [0.717, 1.165) is 22.6 Å². The number of amides is 1. The summed E-state index contributed by atoms with van der Waals surface area (Å²) >= 11 is 2.92. The van der Waals surface area contributed by atoms with Crippen LogP contribution in [0.3, 0.4) is 0 Å². The van der Waals surface area contributed by atoms with Crippen molar-refractivity contribution in [1.82, 2.24) is 15.3 Å². The fraction of sp³-hybridized carbons (Fsp3) is 0.389. The highest BCUT2D eigenvalue weighted by atomic mass is 32.2. The van der Waals surface area contributed by atoms with Crippen LogP contribution in [0.1, 0.15) is 16.8 Å². The molecule has 0 unspecified atom stereocenters. The number of methoxy groups -OCH3 is 2. The minimum atomic E-state index is -0.0991. The highest BCUT2D eigenvalue weighted by Gasteiger charge is 2.18. The smallest absolute Gasteiger partial charge is 0.255 e. The fourth-order valence-electron chi connectivity index (χ4n) is 2.68. The zero-order chi connectivity index (χ0) is 19.2. The van der Waals surface area contributed by atoms with E-state index in [0.29, 0.717) is 35.4 Å². The van der Waals surface area contributed by atoms with Gasteiger partial charge in [-0.3, -0.25) is 9.59 Å². The Morgan fingerprint density at radius 3 is 2.89 bits per heavy atom. The van der Waals surface area contributed by atoms with E-state index in [9.17, 15) is 9.59 Å². The van der Waals surface area contributed by atoms with E-state index in [1.54, 1.807) is 26.0 Å². The molecule has 27 heavy (non-hydrogen) atoms. The maximum atomic E-state index is 12.0. The zero-order valence-corrected chi connectivity index (χ0v) is 16.8.